The predicted octanol–water partition coefficient (Wildman–Crippen LogP) is 4.78. The van der Waals surface area contributed by atoms with E-state index in [1.165, 1.54) is 5.56 Å². The van der Waals surface area contributed by atoms with Gasteiger partial charge in [0.05, 0.1) is 11.4 Å². The number of hydrogen-bond donors (Lipinski definition) is 1. The van der Waals surface area contributed by atoms with Gasteiger partial charge < -0.3 is 10.0 Å². The normalized spacial score (nSPS) is 16.2. The van der Waals surface area contributed by atoms with Crippen LogP contribution in [-0.2, 0) is 11.2 Å². The average Bonchev–Trinajstić information content (AvgIpc) is 2.81. The molecule has 29 heavy (non-hydrogen) atoms. The molecule has 4 nitrogen and oxygen atoms in total. The molecule has 3 aromatic carbocycles. The monoisotopic (exact) mass is 404 g/mol. The smallest absolute Gasteiger partial charge is 0.251 e. The number of nitrogens with zero attached hydrogens (tertiary/aromatic N) is 2. The molecule has 0 bridgehead atoms. The van der Waals surface area contributed by atoms with Gasteiger partial charge in [-0.3, -0.25) is 9.79 Å². The number of hydrogen-bond acceptors (Lipinski definition) is 3. The number of fused-ring (bicyclic) bond motifs is 1. The molecular weight excluding hydrogens is 384 g/mol. The van der Waals surface area contributed by atoms with E-state index in [0.29, 0.717) is 17.2 Å². The number of rotatable bonds is 3. The molecule has 0 saturated carbocycles. The third kappa shape index (κ3) is 3.89. The number of benzene rings is 3. The number of carbonyl (C=O) groups excluding carboxylic acids is 1. The molecule has 0 radical (unpaired) electrons. The topological polar surface area (TPSA) is 52.9 Å². The second-order valence-corrected chi connectivity index (χ2v) is 7.73. The summed E-state index contributed by atoms with van der Waals surface area (Å²) in [5, 5.41) is 10.3. The highest BCUT2D eigenvalue weighted by Gasteiger charge is 2.30. The van der Waals surface area contributed by atoms with Gasteiger partial charge in [-0.1, -0.05) is 41.4 Å². The Bertz CT molecular complexity index is 1090. The van der Waals surface area contributed by atoms with Crippen LogP contribution < -0.4 is 4.90 Å². The van der Waals surface area contributed by atoms with Gasteiger partial charge in [0.2, 0.25) is 0 Å². The van der Waals surface area contributed by atoms with Crippen molar-refractivity contribution in [1.82, 2.24) is 0 Å². The van der Waals surface area contributed by atoms with Crippen LogP contribution in [0.25, 0.3) is 0 Å². The van der Waals surface area contributed by atoms with E-state index < -0.39 is 6.04 Å². The SMILES string of the molecule is Cc1ccc(CC2N=C(c3ccc(O)cc3)c3cc(Cl)ccc3N(C)C2=O)cc1. The van der Waals surface area contributed by atoms with Crippen molar-refractivity contribution in [3.05, 3.63) is 94.0 Å². The summed E-state index contributed by atoms with van der Waals surface area (Å²) in [6.45, 7) is 2.04. The number of phenolic OH excluding ortho intramolecular Hbond substituents is 1. The van der Waals surface area contributed by atoms with Gasteiger partial charge in [0, 0.05) is 29.6 Å². The number of halogens is 1. The Labute approximate surface area is 175 Å². The van der Waals surface area contributed by atoms with E-state index in [1.807, 2.05) is 43.3 Å². The fraction of sp³-hybridized carbons (Fsp3) is 0.167. The Balaban J connectivity index is 1.85. The van der Waals surface area contributed by atoms with Crippen LogP contribution in [-0.4, -0.2) is 29.8 Å². The molecule has 0 spiro atoms. The van der Waals surface area contributed by atoms with Gasteiger partial charge in [-0.15, -0.1) is 0 Å². The van der Waals surface area contributed by atoms with Gasteiger partial charge in [0.25, 0.3) is 5.91 Å². The molecule has 1 heterocycles. The van der Waals surface area contributed by atoms with E-state index in [-0.39, 0.29) is 11.7 Å². The largest absolute Gasteiger partial charge is 0.508 e. The van der Waals surface area contributed by atoms with Crippen molar-refractivity contribution in [2.45, 2.75) is 19.4 Å². The fourth-order valence-electron chi connectivity index (χ4n) is 3.54. The summed E-state index contributed by atoms with van der Waals surface area (Å²) in [4.78, 5) is 19.8. The minimum atomic E-state index is -0.558. The predicted molar refractivity (Wildman–Crippen MR) is 117 cm³/mol. The zero-order valence-electron chi connectivity index (χ0n) is 16.3. The van der Waals surface area contributed by atoms with Gasteiger partial charge in [-0.05, 0) is 55.0 Å². The molecule has 1 unspecified atom stereocenters. The molecule has 0 aliphatic carbocycles. The highest BCUT2D eigenvalue weighted by atomic mass is 35.5. The van der Waals surface area contributed by atoms with Crippen LogP contribution in [0.5, 0.6) is 5.75 Å². The number of aliphatic imine (C=N–C) groups is 1. The first kappa shape index (κ1) is 19.2. The van der Waals surface area contributed by atoms with Crippen molar-refractivity contribution in [3.63, 3.8) is 0 Å². The van der Waals surface area contributed by atoms with Crippen molar-refractivity contribution in [1.29, 1.82) is 0 Å². The van der Waals surface area contributed by atoms with E-state index in [9.17, 15) is 9.90 Å². The van der Waals surface area contributed by atoms with Crippen LogP contribution in [0.2, 0.25) is 5.02 Å². The minimum absolute atomic E-state index is 0.0667. The number of carbonyl (C=O) groups is 1. The lowest BCUT2D eigenvalue weighted by Gasteiger charge is -2.20. The number of likely N-dealkylation sites (N-methyl/N-ethyl adjacent to an activating group) is 1. The molecule has 1 N–H and O–H groups in total. The molecular formula is C24H21ClN2O2. The van der Waals surface area contributed by atoms with Crippen LogP contribution in [0.1, 0.15) is 22.3 Å². The summed E-state index contributed by atoms with van der Waals surface area (Å²) in [6, 6.07) is 19.9. The molecule has 0 aromatic heterocycles. The molecule has 1 aliphatic rings. The van der Waals surface area contributed by atoms with Crippen molar-refractivity contribution < 1.29 is 9.90 Å². The van der Waals surface area contributed by atoms with E-state index >= 15 is 0 Å². The Morgan fingerprint density at radius 3 is 2.41 bits per heavy atom. The van der Waals surface area contributed by atoms with Gasteiger partial charge in [-0.25, -0.2) is 0 Å². The van der Waals surface area contributed by atoms with Gasteiger partial charge in [-0.2, -0.15) is 0 Å². The molecule has 4 rings (SSSR count). The van der Waals surface area contributed by atoms with Gasteiger partial charge >= 0.3 is 0 Å². The van der Waals surface area contributed by atoms with Crippen LogP contribution in [0, 0.1) is 6.92 Å². The van der Waals surface area contributed by atoms with Crippen LogP contribution in [0.15, 0.2) is 71.7 Å². The zero-order valence-corrected chi connectivity index (χ0v) is 17.0. The molecule has 1 atom stereocenters. The number of anilines is 1. The third-order valence-corrected chi connectivity index (χ3v) is 5.40. The summed E-state index contributed by atoms with van der Waals surface area (Å²) in [5.74, 6) is 0.113. The van der Waals surface area contributed by atoms with Crippen molar-refractivity contribution >= 4 is 28.9 Å². The maximum Gasteiger partial charge on any atom is 0.251 e. The number of aromatic hydroxyl groups is 1. The Hall–Kier alpha value is -3.11. The highest BCUT2D eigenvalue weighted by molar-refractivity contribution is 6.32. The van der Waals surface area contributed by atoms with Crippen molar-refractivity contribution in [2.24, 2.45) is 4.99 Å². The number of amides is 1. The molecule has 1 amide bonds. The zero-order chi connectivity index (χ0) is 20.5. The first-order valence-electron chi connectivity index (χ1n) is 9.42. The average molecular weight is 405 g/mol. The number of phenols is 1. The van der Waals surface area contributed by atoms with Crippen LogP contribution in [0.3, 0.4) is 0 Å². The molecule has 0 saturated heterocycles. The summed E-state index contributed by atoms with van der Waals surface area (Å²) >= 11 is 6.27. The Morgan fingerprint density at radius 2 is 1.72 bits per heavy atom. The Morgan fingerprint density at radius 1 is 1.03 bits per heavy atom. The number of benzodiazepines with no additional fused rings is 1. The van der Waals surface area contributed by atoms with E-state index in [4.69, 9.17) is 16.6 Å². The first-order valence-corrected chi connectivity index (χ1v) is 9.80. The maximum absolute atomic E-state index is 13.2. The maximum atomic E-state index is 13.2. The van der Waals surface area contributed by atoms with E-state index in [2.05, 4.69) is 0 Å². The lowest BCUT2D eigenvalue weighted by molar-refractivity contribution is -0.119. The van der Waals surface area contributed by atoms with E-state index in [1.54, 1.807) is 42.3 Å². The van der Waals surface area contributed by atoms with Gasteiger partial charge in [0.1, 0.15) is 11.8 Å². The van der Waals surface area contributed by atoms with E-state index in [0.717, 1.165) is 22.4 Å². The van der Waals surface area contributed by atoms with Crippen molar-refractivity contribution in [3.8, 4) is 5.75 Å². The van der Waals surface area contributed by atoms with Crippen molar-refractivity contribution in [2.75, 3.05) is 11.9 Å². The minimum Gasteiger partial charge on any atom is -0.508 e. The highest BCUT2D eigenvalue weighted by Crippen LogP contribution is 2.31. The molecule has 0 fully saturated rings. The molecule has 5 heteroatoms. The lowest BCUT2D eigenvalue weighted by atomic mass is 10.00. The molecule has 1 aliphatic heterocycles. The second-order valence-electron chi connectivity index (χ2n) is 7.29. The quantitative estimate of drug-likeness (QED) is 0.683. The Kier molecular flexibility index (Phi) is 5.12. The third-order valence-electron chi connectivity index (χ3n) is 5.17. The van der Waals surface area contributed by atoms with Crippen LogP contribution in [0.4, 0.5) is 5.69 Å². The lowest BCUT2D eigenvalue weighted by Crippen LogP contribution is -2.36. The van der Waals surface area contributed by atoms with Crippen LogP contribution >= 0.6 is 11.6 Å². The fourth-order valence-corrected chi connectivity index (χ4v) is 3.72. The summed E-state index contributed by atoms with van der Waals surface area (Å²) in [7, 11) is 1.77. The first-order chi connectivity index (χ1) is 13.9. The number of aryl methyl sites for hydroxylation is 1. The molecule has 3 aromatic rings. The molecule has 146 valence electrons. The second kappa shape index (κ2) is 7.72. The summed E-state index contributed by atoms with van der Waals surface area (Å²) < 4.78 is 0. The summed E-state index contributed by atoms with van der Waals surface area (Å²) in [6.07, 6.45) is 0.507. The van der Waals surface area contributed by atoms with Gasteiger partial charge in [0.15, 0.2) is 0 Å². The summed E-state index contributed by atoms with van der Waals surface area (Å²) in [5.41, 5.74) is 5.30. The standard InChI is InChI=1S/C24H21ClN2O2/c1-15-3-5-16(6-4-15)13-21-24(29)27(2)22-12-9-18(25)14-20(22)23(26-21)17-7-10-19(28)11-8-17/h3-12,14,21,28H,13H2,1-2H3.